The first-order valence-corrected chi connectivity index (χ1v) is 2.73. The standard InChI is InChI=1S/C5H8NO3/c7-3-6-1-4(8)5(9)2-6/h4-5,8-9H,1-2H2/t4-,5+. The van der Waals surface area contributed by atoms with Gasteiger partial charge in [-0.15, -0.1) is 0 Å². The summed E-state index contributed by atoms with van der Waals surface area (Å²) in [5.41, 5.74) is 0. The first-order valence-electron chi connectivity index (χ1n) is 2.73. The summed E-state index contributed by atoms with van der Waals surface area (Å²) in [6.07, 6.45) is 0.0167. The van der Waals surface area contributed by atoms with Crippen molar-refractivity contribution in [1.82, 2.24) is 4.90 Å². The zero-order valence-electron chi connectivity index (χ0n) is 4.82. The van der Waals surface area contributed by atoms with Gasteiger partial charge in [0.05, 0.1) is 12.2 Å². The van der Waals surface area contributed by atoms with E-state index in [1.807, 2.05) is 0 Å². The van der Waals surface area contributed by atoms with Gasteiger partial charge in [-0.2, -0.15) is 0 Å². The van der Waals surface area contributed by atoms with Crippen LogP contribution >= 0.6 is 0 Å². The van der Waals surface area contributed by atoms with Crippen molar-refractivity contribution >= 4 is 6.41 Å². The summed E-state index contributed by atoms with van der Waals surface area (Å²) in [6.45, 7) is 0.398. The summed E-state index contributed by atoms with van der Waals surface area (Å²) >= 11 is 0. The number of β-amino-alcohol motifs (C(OH)–C–C–N with tert-alkyl or cyclic N) is 2. The zero-order valence-corrected chi connectivity index (χ0v) is 4.82. The van der Waals surface area contributed by atoms with Crippen LogP contribution in [0.5, 0.6) is 0 Å². The Morgan fingerprint density at radius 3 is 2.00 bits per heavy atom. The van der Waals surface area contributed by atoms with Crippen LogP contribution in [0.4, 0.5) is 0 Å². The minimum absolute atomic E-state index is 0.199. The molecule has 4 heteroatoms. The van der Waals surface area contributed by atoms with E-state index in [2.05, 4.69) is 0 Å². The molecule has 1 fully saturated rings. The van der Waals surface area contributed by atoms with Gasteiger partial charge >= 0.3 is 6.41 Å². The lowest BCUT2D eigenvalue weighted by Crippen LogP contribution is -2.22. The topological polar surface area (TPSA) is 60.8 Å². The average Bonchev–Trinajstić information content (AvgIpc) is 2.13. The molecule has 1 amide bonds. The Labute approximate surface area is 52.7 Å². The second-order valence-electron chi connectivity index (χ2n) is 2.13. The van der Waals surface area contributed by atoms with Gasteiger partial charge in [-0.25, -0.2) is 0 Å². The van der Waals surface area contributed by atoms with Gasteiger partial charge in [-0.1, -0.05) is 0 Å². The van der Waals surface area contributed by atoms with Crippen LogP contribution in [0.3, 0.4) is 0 Å². The van der Waals surface area contributed by atoms with Gasteiger partial charge in [0.25, 0.3) is 0 Å². The number of rotatable bonds is 1. The smallest absolute Gasteiger partial charge is 0.312 e. The van der Waals surface area contributed by atoms with Crippen LogP contribution in [0.2, 0.25) is 0 Å². The van der Waals surface area contributed by atoms with Gasteiger partial charge in [0.15, 0.2) is 0 Å². The Morgan fingerprint density at radius 2 is 1.78 bits per heavy atom. The summed E-state index contributed by atoms with van der Waals surface area (Å²) in [7, 11) is 0. The van der Waals surface area contributed by atoms with Gasteiger partial charge < -0.3 is 15.1 Å². The minimum Gasteiger partial charge on any atom is -0.388 e. The molecule has 1 heterocycles. The molecule has 0 aromatic carbocycles. The lowest BCUT2D eigenvalue weighted by molar-refractivity contribution is 0.0572. The molecular formula is C5H8NO3. The molecule has 2 atom stereocenters. The van der Waals surface area contributed by atoms with E-state index < -0.39 is 12.2 Å². The number of carbonyl (C=O) groups excluding carboxylic acids is 1. The molecule has 0 bridgehead atoms. The third-order valence-corrected chi connectivity index (χ3v) is 1.39. The lowest BCUT2D eigenvalue weighted by atomic mass is 10.3. The molecule has 9 heavy (non-hydrogen) atoms. The zero-order chi connectivity index (χ0) is 6.85. The van der Waals surface area contributed by atoms with E-state index in [1.54, 1.807) is 6.41 Å². The van der Waals surface area contributed by atoms with Crippen molar-refractivity contribution < 1.29 is 15.0 Å². The van der Waals surface area contributed by atoms with E-state index in [1.165, 1.54) is 4.90 Å². The predicted molar refractivity (Wildman–Crippen MR) is 29.3 cm³/mol. The van der Waals surface area contributed by atoms with Crippen LogP contribution in [0, 0.1) is 0 Å². The molecule has 0 spiro atoms. The van der Waals surface area contributed by atoms with Crippen LogP contribution in [0.25, 0.3) is 0 Å². The fourth-order valence-corrected chi connectivity index (χ4v) is 0.844. The Morgan fingerprint density at radius 1 is 1.33 bits per heavy atom. The van der Waals surface area contributed by atoms with Gasteiger partial charge in [0.1, 0.15) is 0 Å². The molecule has 0 saturated carbocycles. The van der Waals surface area contributed by atoms with Crippen LogP contribution < -0.4 is 0 Å². The highest BCUT2D eigenvalue weighted by Crippen LogP contribution is 2.06. The third-order valence-electron chi connectivity index (χ3n) is 1.39. The molecule has 51 valence electrons. The second kappa shape index (κ2) is 2.33. The highest BCUT2D eigenvalue weighted by Gasteiger charge is 2.28. The normalized spacial score (nSPS) is 35.1. The number of amides is 1. The van der Waals surface area contributed by atoms with Crippen molar-refractivity contribution in [2.24, 2.45) is 0 Å². The maximum Gasteiger partial charge on any atom is 0.312 e. The quantitative estimate of drug-likeness (QED) is 0.435. The fraction of sp³-hybridized carbons (Fsp3) is 0.800. The van der Waals surface area contributed by atoms with Crippen molar-refractivity contribution in [2.45, 2.75) is 12.2 Å². The van der Waals surface area contributed by atoms with Gasteiger partial charge in [0.2, 0.25) is 0 Å². The van der Waals surface area contributed by atoms with E-state index in [4.69, 9.17) is 10.2 Å². The molecule has 1 aliphatic rings. The molecule has 2 N–H and O–H groups in total. The molecular weight excluding hydrogens is 122 g/mol. The number of hydrogen-bond donors (Lipinski definition) is 2. The monoisotopic (exact) mass is 130 g/mol. The van der Waals surface area contributed by atoms with E-state index in [-0.39, 0.29) is 13.1 Å². The largest absolute Gasteiger partial charge is 0.388 e. The molecule has 0 aromatic heterocycles. The number of hydrogen-bond acceptors (Lipinski definition) is 3. The highest BCUT2D eigenvalue weighted by molar-refractivity contribution is 5.49. The number of nitrogens with zero attached hydrogens (tertiary/aromatic N) is 1. The van der Waals surface area contributed by atoms with Crippen LogP contribution in [-0.2, 0) is 4.79 Å². The fourth-order valence-electron chi connectivity index (χ4n) is 0.844. The van der Waals surface area contributed by atoms with E-state index in [0.29, 0.717) is 0 Å². The van der Waals surface area contributed by atoms with Crippen molar-refractivity contribution in [1.29, 1.82) is 0 Å². The Kier molecular flexibility index (Phi) is 1.68. The minimum atomic E-state index is -0.786. The summed E-state index contributed by atoms with van der Waals surface area (Å²) in [5.74, 6) is 0. The van der Waals surface area contributed by atoms with E-state index in [0.717, 1.165) is 0 Å². The van der Waals surface area contributed by atoms with Crippen LogP contribution in [-0.4, -0.2) is 46.8 Å². The Bertz CT molecular complexity index is 107. The number of aliphatic hydroxyl groups excluding tert-OH is 2. The first-order chi connectivity index (χ1) is 4.24. The van der Waals surface area contributed by atoms with Crippen molar-refractivity contribution in [3.63, 3.8) is 0 Å². The van der Waals surface area contributed by atoms with Crippen LogP contribution in [0.15, 0.2) is 0 Å². The average molecular weight is 130 g/mol. The molecule has 0 aromatic rings. The third kappa shape index (κ3) is 1.20. The Balaban J connectivity index is 2.43. The van der Waals surface area contributed by atoms with Gasteiger partial charge in [-0.05, 0) is 0 Å². The lowest BCUT2D eigenvalue weighted by Gasteiger charge is -2.02. The SMILES string of the molecule is O=[C]N1C[C@@H](O)[C@@H](O)C1. The van der Waals surface area contributed by atoms with Gasteiger partial charge in [-0.3, -0.25) is 4.79 Å². The maximum atomic E-state index is 9.88. The summed E-state index contributed by atoms with van der Waals surface area (Å²) in [6, 6.07) is 0. The van der Waals surface area contributed by atoms with Crippen molar-refractivity contribution in [2.75, 3.05) is 13.1 Å². The number of aliphatic hydroxyl groups is 2. The van der Waals surface area contributed by atoms with Crippen molar-refractivity contribution in [3.8, 4) is 0 Å². The maximum absolute atomic E-state index is 9.88. The summed E-state index contributed by atoms with van der Waals surface area (Å²) < 4.78 is 0. The molecule has 0 unspecified atom stereocenters. The molecule has 4 nitrogen and oxygen atoms in total. The molecule has 1 aliphatic heterocycles. The van der Waals surface area contributed by atoms with E-state index in [9.17, 15) is 4.79 Å². The predicted octanol–water partition coefficient (Wildman–Crippen LogP) is -1.91. The second-order valence-corrected chi connectivity index (χ2v) is 2.13. The summed E-state index contributed by atoms with van der Waals surface area (Å²) in [4.78, 5) is 11.1. The molecule has 0 aliphatic carbocycles. The summed E-state index contributed by atoms with van der Waals surface area (Å²) in [5, 5.41) is 17.7. The molecule has 1 saturated heterocycles. The van der Waals surface area contributed by atoms with Crippen molar-refractivity contribution in [3.05, 3.63) is 0 Å². The van der Waals surface area contributed by atoms with E-state index >= 15 is 0 Å². The van der Waals surface area contributed by atoms with Gasteiger partial charge in [0, 0.05) is 13.1 Å². The number of likely N-dealkylation sites (tertiary alicyclic amines) is 1. The highest BCUT2D eigenvalue weighted by atomic mass is 16.3. The van der Waals surface area contributed by atoms with Crippen LogP contribution in [0.1, 0.15) is 0 Å². The first kappa shape index (κ1) is 6.51. The Hall–Kier alpha value is -0.610. The molecule has 1 rings (SSSR count). The molecule has 1 radical (unpaired) electrons.